The van der Waals surface area contributed by atoms with Gasteiger partial charge >= 0.3 is 0 Å². The zero-order valence-electron chi connectivity index (χ0n) is 11.9. The highest BCUT2D eigenvalue weighted by molar-refractivity contribution is 7.88. The van der Waals surface area contributed by atoms with E-state index in [0.29, 0.717) is 12.6 Å². The van der Waals surface area contributed by atoms with Gasteiger partial charge in [0.25, 0.3) is 0 Å². The van der Waals surface area contributed by atoms with Crippen molar-refractivity contribution in [1.82, 2.24) is 10.0 Å². The number of hydrogen-bond donors (Lipinski definition) is 2. The molecule has 0 amide bonds. The second kappa shape index (κ2) is 7.62. The van der Waals surface area contributed by atoms with Crippen LogP contribution >= 0.6 is 0 Å². The molecule has 0 fully saturated rings. The Morgan fingerprint density at radius 1 is 1.21 bits per heavy atom. The number of rotatable bonds is 8. The lowest BCUT2D eigenvalue weighted by Gasteiger charge is -2.10. The van der Waals surface area contributed by atoms with Gasteiger partial charge in [0.05, 0.1) is 5.75 Å². The minimum atomic E-state index is -3.22. The van der Waals surface area contributed by atoms with E-state index in [1.165, 1.54) is 0 Å². The Balaban J connectivity index is 2.66. The zero-order chi connectivity index (χ0) is 14.3. The topological polar surface area (TPSA) is 58.2 Å². The highest BCUT2D eigenvalue weighted by atomic mass is 32.2. The van der Waals surface area contributed by atoms with Crippen LogP contribution in [0, 0.1) is 0 Å². The van der Waals surface area contributed by atoms with Crippen molar-refractivity contribution in [3.63, 3.8) is 0 Å². The van der Waals surface area contributed by atoms with E-state index >= 15 is 0 Å². The summed E-state index contributed by atoms with van der Waals surface area (Å²) < 4.78 is 26.2. The second-order valence-electron chi connectivity index (χ2n) is 5.01. The lowest BCUT2D eigenvalue weighted by molar-refractivity contribution is 0.579. The van der Waals surface area contributed by atoms with Gasteiger partial charge in [0.1, 0.15) is 0 Å². The molecule has 0 radical (unpaired) electrons. The van der Waals surface area contributed by atoms with E-state index in [9.17, 15) is 8.42 Å². The summed E-state index contributed by atoms with van der Waals surface area (Å²) in [5.41, 5.74) is 1.93. The molecule has 0 aromatic heterocycles. The van der Waals surface area contributed by atoms with Gasteiger partial charge in [0, 0.05) is 19.1 Å². The minimum Gasteiger partial charge on any atom is -0.310 e. The Hall–Kier alpha value is -0.910. The first-order chi connectivity index (χ1) is 8.93. The SMILES string of the molecule is CCCNS(=O)(=O)Cc1cccc(CNC(C)C)c1. The van der Waals surface area contributed by atoms with Crippen LogP contribution in [0.3, 0.4) is 0 Å². The van der Waals surface area contributed by atoms with Gasteiger partial charge in [-0.3, -0.25) is 0 Å². The maximum Gasteiger partial charge on any atom is 0.215 e. The Morgan fingerprint density at radius 2 is 1.89 bits per heavy atom. The predicted molar refractivity (Wildman–Crippen MR) is 79.3 cm³/mol. The Labute approximate surface area is 116 Å². The van der Waals surface area contributed by atoms with Crippen molar-refractivity contribution in [2.75, 3.05) is 6.54 Å². The van der Waals surface area contributed by atoms with Gasteiger partial charge in [-0.2, -0.15) is 0 Å². The first-order valence-electron chi connectivity index (χ1n) is 6.71. The Morgan fingerprint density at radius 3 is 2.53 bits per heavy atom. The highest BCUT2D eigenvalue weighted by Gasteiger charge is 2.10. The van der Waals surface area contributed by atoms with Crippen LogP contribution in [0.1, 0.15) is 38.3 Å². The van der Waals surface area contributed by atoms with E-state index in [2.05, 4.69) is 23.9 Å². The summed E-state index contributed by atoms with van der Waals surface area (Å²) in [5.74, 6) is 0.0442. The summed E-state index contributed by atoms with van der Waals surface area (Å²) in [6.07, 6.45) is 0.803. The van der Waals surface area contributed by atoms with Gasteiger partial charge in [-0.1, -0.05) is 45.0 Å². The normalized spacial score (nSPS) is 12.0. The van der Waals surface area contributed by atoms with Crippen molar-refractivity contribution in [2.45, 2.75) is 45.5 Å². The fourth-order valence-corrected chi connectivity index (χ4v) is 2.91. The molecule has 4 nitrogen and oxygen atoms in total. The molecule has 1 aromatic carbocycles. The van der Waals surface area contributed by atoms with E-state index in [0.717, 1.165) is 24.1 Å². The molecule has 2 N–H and O–H groups in total. The van der Waals surface area contributed by atoms with Crippen LogP contribution in [0.25, 0.3) is 0 Å². The van der Waals surface area contributed by atoms with Crippen molar-refractivity contribution >= 4 is 10.0 Å². The van der Waals surface area contributed by atoms with Gasteiger partial charge < -0.3 is 5.32 Å². The van der Waals surface area contributed by atoms with Crippen LogP contribution in [0.4, 0.5) is 0 Å². The summed E-state index contributed by atoms with van der Waals surface area (Å²) in [7, 11) is -3.22. The fraction of sp³-hybridized carbons (Fsp3) is 0.571. The molecule has 19 heavy (non-hydrogen) atoms. The average molecular weight is 284 g/mol. The largest absolute Gasteiger partial charge is 0.310 e. The monoisotopic (exact) mass is 284 g/mol. The average Bonchev–Trinajstić information content (AvgIpc) is 2.34. The van der Waals surface area contributed by atoms with Crippen LogP contribution in [0.15, 0.2) is 24.3 Å². The van der Waals surface area contributed by atoms with Crippen molar-refractivity contribution in [2.24, 2.45) is 0 Å². The number of hydrogen-bond acceptors (Lipinski definition) is 3. The molecule has 0 unspecified atom stereocenters. The second-order valence-corrected chi connectivity index (χ2v) is 6.82. The molecule has 0 aliphatic rings. The van der Waals surface area contributed by atoms with E-state index in [4.69, 9.17) is 0 Å². The van der Waals surface area contributed by atoms with Gasteiger partial charge in [0.15, 0.2) is 0 Å². The van der Waals surface area contributed by atoms with Crippen molar-refractivity contribution in [3.05, 3.63) is 35.4 Å². The molecule has 0 aliphatic carbocycles. The van der Waals surface area contributed by atoms with Crippen molar-refractivity contribution in [1.29, 1.82) is 0 Å². The number of nitrogens with one attached hydrogen (secondary N) is 2. The summed E-state index contributed by atoms with van der Waals surface area (Å²) in [4.78, 5) is 0. The molecule has 108 valence electrons. The van der Waals surface area contributed by atoms with Crippen LogP contribution in [0.5, 0.6) is 0 Å². The fourth-order valence-electron chi connectivity index (χ4n) is 1.68. The summed E-state index contributed by atoms with van der Waals surface area (Å²) >= 11 is 0. The highest BCUT2D eigenvalue weighted by Crippen LogP contribution is 2.09. The third-order valence-corrected chi connectivity index (χ3v) is 3.99. The number of sulfonamides is 1. The van der Waals surface area contributed by atoms with Crippen molar-refractivity contribution in [3.8, 4) is 0 Å². The van der Waals surface area contributed by atoms with Gasteiger partial charge in [-0.15, -0.1) is 0 Å². The smallest absolute Gasteiger partial charge is 0.215 e. The third kappa shape index (κ3) is 6.71. The molecular formula is C14H24N2O2S. The van der Waals surface area contributed by atoms with Crippen LogP contribution in [-0.2, 0) is 22.3 Å². The van der Waals surface area contributed by atoms with Crippen LogP contribution in [0.2, 0.25) is 0 Å². The summed E-state index contributed by atoms with van der Waals surface area (Å²) in [6.45, 7) is 7.37. The van der Waals surface area contributed by atoms with Crippen LogP contribution in [-0.4, -0.2) is 21.0 Å². The molecule has 5 heteroatoms. The Kier molecular flexibility index (Phi) is 6.48. The molecule has 0 saturated carbocycles. The molecule has 0 atom stereocenters. The van der Waals surface area contributed by atoms with Crippen molar-refractivity contribution < 1.29 is 8.42 Å². The molecule has 0 heterocycles. The molecule has 0 spiro atoms. The van der Waals surface area contributed by atoms with E-state index in [-0.39, 0.29) is 5.75 Å². The van der Waals surface area contributed by atoms with E-state index < -0.39 is 10.0 Å². The third-order valence-electron chi connectivity index (χ3n) is 2.63. The van der Waals surface area contributed by atoms with Gasteiger partial charge in [0.2, 0.25) is 10.0 Å². The van der Waals surface area contributed by atoms with Crippen LogP contribution < -0.4 is 10.0 Å². The quantitative estimate of drug-likeness (QED) is 0.768. The predicted octanol–water partition coefficient (Wildman–Crippen LogP) is 2.01. The first-order valence-corrected chi connectivity index (χ1v) is 8.36. The molecule has 1 rings (SSSR count). The first kappa shape index (κ1) is 16.1. The maximum absolute atomic E-state index is 11.8. The standard InChI is InChI=1S/C14H24N2O2S/c1-4-8-16-19(17,18)11-14-7-5-6-13(9-14)10-15-12(2)3/h5-7,9,12,15-16H,4,8,10-11H2,1-3H3. The van der Waals surface area contributed by atoms with E-state index in [1.54, 1.807) is 0 Å². The minimum absolute atomic E-state index is 0.0442. The summed E-state index contributed by atoms with van der Waals surface area (Å²) in [6, 6.07) is 8.12. The molecule has 1 aromatic rings. The molecule has 0 saturated heterocycles. The Bertz CT molecular complexity index is 484. The molecule has 0 bridgehead atoms. The van der Waals surface area contributed by atoms with E-state index in [1.807, 2.05) is 31.2 Å². The number of benzene rings is 1. The maximum atomic E-state index is 11.8. The summed E-state index contributed by atoms with van der Waals surface area (Å²) in [5, 5.41) is 3.32. The lowest BCUT2D eigenvalue weighted by Crippen LogP contribution is -2.26. The van der Waals surface area contributed by atoms with Gasteiger partial charge in [-0.25, -0.2) is 13.1 Å². The molecular weight excluding hydrogens is 260 g/mol. The van der Waals surface area contributed by atoms with Gasteiger partial charge in [-0.05, 0) is 17.5 Å². The zero-order valence-corrected chi connectivity index (χ0v) is 12.8. The molecule has 0 aliphatic heterocycles. The lowest BCUT2D eigenvalue weighted by atomic mass is 10.1.